The van der Waals surface area contributed by atoms with Gasteiger partial charge in [-0.05, 0) is 51.5 Å². The number of carbonyl (C=O) groups is 1. The molecule has 1 fully saturated rings. The molecule has 0 bridgehead atoms. The van der Waals surface area contributed by atoms with Crippen LogP contribution in [-0.2, 0) is 6.54 Å². The number of piperidine rings is 1. The Hall–Kier alpha value is -0.950. The maximum Gasteiger partial charge on any atom is 0.275 e. The zero-order valence-electron chi connectivity index (χ0n) is 11.5. The van der Waals surface area contributed by atoms with Gasteiger partial charge in [-0.2, -0.15) is 0 Å². The van der Waals surface area contributed by atoms with E-state index >= 15 is 0 Å². The van der Waals surface area contributed by atoms with Crippen molar-refractivity contribution in [3.8, 4) is 0 Å². The van der Waals surface area contributed by atoms with E-state index in [2.05, 4.69) is 29.6 Å². The number of amides is 1. The van der Waals surface area contributed by atoms with Crippen molar-refractivity contribution in [1.29, 1.82) is 0 Å². The van der Waals surface area contributed by atoms with E-state index in [0.29, 0.717) is 10.9 Å². The van der Waals surface area contributed by atoms with Gasteiger partial charge in [-0.1, -0.05) is 0 Å². The van der Waals surface area contributed by atoms with Crippen LogP contribution in [0.5, 0.6) is 0 Å². The van der Waals surface area contributed by atoms with Gasteiger partial charge in [0.2, 0.25) is 0 Å². The van der Waals surface area contributed by atoms with Gasteiger partial charge >= 0.3 is 0 Å². The summed E-state index contributed by atoms with van der Waals surface area (Å²) in [7, 11) is 2.16. The number of hydrazine groups is 1. The quantitative estimate of drug-likeness (QED) is 0.435. The van der Waals surface area contributed by atoms with Crippen molar-refractivity contribution < 1.29 is 4.79 Å². The largest absolute Gasteiger partial charge is 0.317 e. The third-order valence-electron chi connectivity index (χ3n) is 3.73. The zero-order valence-corrected chi connectivity index (χ0v) is 12.3. The van der Waals surface area contributed by atoms with Crippen LogP contribution in [0.25, 0.3) is 0 Å². The minimum Gasteiger partial charge on any atom is -0.317 e. The third-order valence-corrected chi connectivity index (χ3v) is 4.82. The Morgan fingerprint density at radius 3 is 2.89 bits per heavy atom. The second-order valence-electron chi connectivity index (χ2n) is 5.06. The molecule has 0 atom stereocenters. The van der Waals surface area contributed by atoms with Crippen molar-refractivity contribution in [2.75, 3.05) is 20.1 Å². The summed E-state index contributed by atoms with van der Waals surface area (Å²) in [6.07, 6.45) is 2.38. The van der Waals surface area contributed by atoms with Crippen LogP contribution in [0.2, 0.25) is 0 Å². The molecular formula is C13H22N4OS. The second kappa shape index (κ2) is 6.47. The van der Waals surface area contributed by atoms with Crippen molar-refractivity contribution in [3.05, 3.63) is 21.4 Å². The first kappa shape index (κ1) is 14.5. The predicted molar refractivity (Wildman–Crippen MR) is 78.1 cm³/mol. The molecule has 1 aromatic heterocycles. The smallest absolute Gasteiger partial charge is 0.275 e. The highest BCUT2D eigenvalue weighted by atomic mass is 32.1. The highest BCUT2D eigenvalue weighted by molar-refractivity contribution is 7.14. The van der Waals surface area contributed by atoms with Gasteiger partial charge in [0, 0.05) is 17.5 Å². The number of nitrogens with zero attached hydrogens (tertiary/aromatic N) is 1. The second-order valence-corrected chi connectivity index (χ2v) is 6.32. The minimum atomic E-state index is -0.205. The van der Waals surface area contributed by atoms with E-state index in [4.69, 9.17) is 5.84 Å². The molecular weight excluding hydrogens is 260 g/mol. The summed E-state index contributed by atoms with van der Waals surface area (Å²) < 4.78 is 0. The fraction of sp³-hybridized carbons (Fsp3) is 0.615. The summed E-state index contributed by atoms with van der Waals surface area (Å²) in [6, 6.07) is 2.59. The molecule has 0 aliphatic carbocycles. The van der Waals surface area contributed by atoms with Crippen molar-refractivity contribution in [2.45, 2.75) is 32.4 Å². The Bertz CT molecular complexity index is 440. The summed E-state index contributed by atoms with van der Waals surface area (Å²) in [6.45, 7) is 5.14. The molecule has 2 rings (SSSR count). The normalized spacial score (nSPS) is 16.8. The Kier molecular flexibility index (Phi) is 4.93. The van der Waals surface area contributed by atoms with Gasteiger partial charge in [0.1, 0.15) is 0 Å². The van der Waals surface area contributed by atoms with E-state index in [-0.39, 0.29) is 5.91 Å². The molecule has 0 spiro atoms. The summed E-state index contributed by atoms with van der Waals surface area (Å²) in [5.41, 5.74) is 3.41. The molecule has 0 aromatic carbocycles. The average molecular weight is 282 g/mol. The SMILES string of the molecule is Cc1sc(C(=O)NN)cc1CN(C)C1CCNCC1. The maximum atomic E-state index is 11.5. The molecule has 5 nitrogen and oxygen atoms in total. The standard InChI is InChI=1S/C13H22N4OS/c1-9-10(7-12(19-9)13(18)16-14)8-17(2)11-3-5-15-6-4-11/h7,11,15H,3-6,8,14H2,1-2H3,(H,16,18). The number of nitrogens with two attached hydrogens (primary N) is 1. The Morgan fingerprint density at radius 1 is 1.58 bits per heavy atom. The Labute approximate surface area is 118 Å². The van der Waals surface area contributed by atoms with Gasteiger partial charge in [0.05, 0.1) is 4.88 Å². The van der Waals surface area contributed by atoms with E-state index in [0.717, 1.165) is 19.6 Å². The van der Waals surface area contributed by atoms with Gasteiger partial charge in [-0.15, -0.1) is 11.3 Å². The first-order chi connectivity index (χ1) is 9.11. The van der Waals surface area contributed by atoms with Crippen molar-refractivity contribution in [2.24, 2.45) is 5.84 Å². The Balaban J connectivity index is 2.01. The van der Waals surface area contributed by atoms with E-state index in [1.807, 2.05) is 6.07 Å². The van der Waals surface area contributed by atoms with E-state index in [1.54, 1.807) is 0 Å². The van der Waals surface area contributed by atoms with Crippen LogP contribution in [0.3, 0.4) is 0 Å². The van der Waals surface area contributed by atoms with Crippen LogP contribution >= 0.6 is 11.3 Å². The summed E-state index contributed by atoms with van der Waals surface area (Å²) in [4.78, 5) is 15.8. The highest BCUT2D eigenvalue weighted by Crippen LogP contribution is 2.24. The highest BCUT2D eigenvalue weighted by Gasteiger charge is 2.19. The first-order valence-corrected chi connectivity index (χ1v) is 7.44. The maximum absolute atomic E-state index is 11.5. The van der Waals surface area contributed by atoms with Crippen LogP contribution in [0.4, 0.5) is 0 Å². The van der Waals surface area contributed by atoms with E-state index in [9.17, 15) is 4.79 Å². The number of nitrogens with one attached hydrogen (secondary N) is 2. The van der Waals surface area contributed by atoms with Crippen molar-refractivity contribution >= 4 is 17.2 Å². The van der Waals surface area contributed by atoms with Crippen LogP contribution in [0, 0.1) is 6.92 Å². The Morgan fingerprint density at radius 2 is 2.26 bits per heavy atom. The minimum absolute atomic E-state index is 0.205. The lowest BCUT2D eigenvalue weighted by Gasteiger charge is -2.31. The molecule has 0 saturated carbocycles. The van der Waals surface area contributed by atoms with Gasteiger partial charge < -0.3 is 5.32 Å². The van der Waals surface area contributed by atoms with Crippen molar-refractivity contribution in [3.63, 3.8) is 0 Å². The van der Waals surface area contributed by atoms with Gasteiger partial charge in [-0.3, -0.25) is 15.1 Å². The summed E-state index contributed by atoms with van der Waals surface area (Å²) >= 11 is 1.50. The number of thiophene rings is 1. The molecule has 1 saturated heterocycles. The topological polar surface area (TPSA) is 70.4 Å². The molecule has 4 N–H and O–H groups in total. The molecule has 106 valence electrons. The monoisotopic (exact) mass is 282 g/mol. The third kappa shape index (κ3) is 3.54. The molecule has 1 amide bonds. The lowest BCUT2D eigenvalue weighted by Crippen LogP contribution is -2.40. The fourth-order valence-electron chi connectivity index (χ4n) is 2.51. The molecule has 1 aliphatic heterocycles. The number of rotatable bonds is 4. The molecule has 6 heteroatoms. The molecule has 1 aliphatic rings. The number of aryl methyl sites for hydroxylation is 1. The number of carbonyl (C=O) groups excluding carboxylic acids is 1. The zero-order chi connectivity index (χ0) is 13.8. The molecule has 19 heavy (non-hydrogen) atoms. The van der Waals surface area contributed by atoms with Gasteiger partial charge in [-0.25, -0.2) is 5.84 Å². The predicted octanol–water partition coefficient (Wildman–Crippen LogP) is 0.844. The molecule has 0 unspecified atom stereocenters. The molecule has 1 aromatic rings. The van der Waals surface area contributed by atoms with Gasteiger partial charge in [0.25, 0.3) is 5.91 Å². The lowest BCUT2D eigenvalue weighted by atomic mass is 10.0. The van der Waals surface area contributed by atoms with E-state index < -0.39 is 0 Å². The number of nitrogen functional groups attached to an aromatic ring is 1. The van der Waals surface area contributed by atoms with Crippen LogP contribution in [0.1, 0.15) is 33.0 Å². The lowest BCUT2D eigenvalue weighted by molar-refractivity contribution is 0.0957. The van der Waals surface area contributed by atoms with Crippen LogP contribution < -0.4 is 16.6 Å². The van der Waals surface area contributed by atoms with Crippen molar-refractivity contribution in [1.82, 2.24) is 15.6 Å². The number of hydrogen-bond acceptors (Lipinski definition) is 5. The molecule has 2 heterocycles. The fourth-order valence-corrected chi connectivity index (χ4v) is 3.44. The van der Waals surface area contributed by atoms with E-state index in [1.165, 1.54) is 34.6 Å². The summed E-state index contributed by atoms with van der Waals surface area (Å²) in [5.74, 6) is 4.97. The van der Waals surface area contributed by atoms with Crippen LogP contribution in [0.15, 0.2) is 6.07 Å². The van der Waals surface area contributed by atoms with Crippen LogP contribution in [-0.4, -0.2) is 37.0 Å². The van der Waals surface area contributed by atoms with Gasteiger partial charge in [0.15, 0.2) is 0 Å². The number of hydrogen-bond donors (Lipinski definition) is 3. The molecule has 0 radical (unpaired) electrons. The summed E-state index contributed by atoms with van der Waals surface area (Å²) in [5, 5.41) is 3.38. The first-order valence-electron chi connectivity index (χ1n) is 6.63. The average Bonchev–Trinajstić information content (AvgIpc) is 2.80.